The van der Waals surface area contributed by atoms with E-state index in [9.17, 15) is 4.79 Å². The van der Waals surface area contributed by atoms with Crippen molar-refractivity contribution in [2.75, 3.05) is 0 Å². The first-order valence-electron chi connectivity index (χ1n) is 5.42. The first-order valence-corrected chi connectivity index (χ1v) is 5.42. The molecule has 2 nitrogen and oxygen atoms in total. The third-order valence-electron chi connectivity index (χ3n) is 3.04. The van der Waals surface area contributed by atoms with Crippen LogP contribution in [0.15, 0.2) is 18.7 Å². The first-order chi connectivity index (χ1) is 7.44. The van der Waals surface area contributed by atoms with Gasteiger partial charge in [-0.1, -0.05) is 32.6 Å². The van der Waals surface area contributed by atoms with Gasteiger partial charge >= 0.3 is 5.97 Å². The van der Waals surface area contributed by atoms with Gasteiger partial charge in [0.1, 0.15) is 5.75 Å². The molecule has 0 amide bonds. The molecule has 1 aliphatic rings. The number of carbonyl (C=O) groups excluding carboxylic acids is 1. The SMILES string of the molecule is C=Cc1cc(C)c2c(c1)OC(=O)CC2(C)C. The van der Waals surface area contributed by atoms with E-state index in [1.807, 2.05) is 13.0 Å². The molecule has 0 fully saturated rings. The Morgan fingerprint density at radius 2 is 2.12 bits per heavy atom. The maximum atomic E-state index is 11.5. The predicted octanol–water partition coefficient (Wildman–Crippen LogP) is 3.22. The molecule has 0 saturated carbocycles. The number of aryl methyl sites for hydroxylation is 1. The molecule has 1 heterocycles. The van der Waals surface area contributed by atoms with Gasteiger partial charge in [-0.05, 0) is 24.1 Å². The van der Waals surface area contributed by atoms with Crippen LogP contribution in [0.3, 0.4) is 0 Å². The van der Waals surface area contributed by atoms with Crippen LogP contribution in [0.2, 0.25) is 0 Å². The van der Waals surface area contributed by atoms with Gasteiger partial charge in [0.25, 0.3) is 0 Å². The molecule has 16 heavy (non-hydrogen) atoms. The highest BCUT2D eigenvalue weighted by Gasteiger charge is 2.35. The lowest BCUT2D eigenvalue weighted by molar-refractivity contribution is -0.136. The number of ether oxygens (including phenoxy) is 1. The van der Waals surface area contributed by atoms with Crippen molar-refractivity contribution in [3.8, 4) is 5.75 Å². The van der Waals surface area contributed by atoms with Crippen LogP contribution in [0.1, 0.15) is 37.0 Å². The zero-order valence-electron chi connectivity index (χ0n) is 9.96. The third kappa shape index (κ3) is 1.64. The van der Waals surface area contributed by atoms with Gasteiger partial charge in [-0.25, -0.2) is 0 Å². The smallest absolute Gasteiger partial charge is 0.312 e. The minimum atomic E-state index is -0.155. The van der Waals surface area contributed by atoms with Crippen molar-refractivity contribution >= 4 is 12.0 Å². The van der Waals surface area contributed by atoms with Gasteiger partial charge in [0, 0.05) is 11.0 Å². The second kappa shape index (κ2) is 3.48. The Balaban J connectivity index is 2.67. The lowest BCUT2D eigenvalue weighted by atomic mass is 9.77. The normalized spacial score (nSPS) is 17.6. The van der Waals surface area contributed by atoms with Crippen molar-refractivity contribution < 1.29 is 9.53 Å². The molecule has 2 heteroatoms. The molecule has 0 atom stereocenters. The molecule has 1 aromatic carbocycles. The molecule has 1 aromatic rings. The van der Waals surface area contributed by atoms with E-state index in [-0.39, 0.29) is 11.4 Å². The van der Waals surface area contributed by atoms with Gasteiger partial charge in [0.15, 0.2) is 0 Å². The zero-order chi connectivity index (χ0) is 11.9. The van der Waals surface area contributed by atoms with E-state index in [4.69, 9.17) is 4.74 Å². The summed E-state index contributed by atoms with van der Waals surface area (Å²) in [7, 11) is 0. The third-order valence-corrected chi connectivity index (χ3v) is 3.04. The van der Waals surface area contributed by atoms with Gasteiger partial charge in [-0.3, -0.25) is 4.79 Å². The summed E-state index contributed by atoms with van der Waals surface area (Å²) in [6.45, 7) is 9.94. The molecule has 0 unspecified atom stereocenters. The Bertz CT molecular complexity index is 470. The van der Waals surface area contributed by atoms with Crippen LogP contribution in [0.5, 0.6) is 5.75 Å². The summed E-state index contributed by atoms with van der Waals surface area (Å²) in [5.41, 5.74) is 3.14. The molecular formula is C14H16O2. The largest absolute Gasteiger partial charge is 0.426 e. The number of rotatable bonds is 1. The van der Waals surface area contributed by atoms with Gasteiger partial charge < -0.3 is 4.74 Å². The van der Waals surface area contributed by atoms with Crippen LogP contribution in [0.4, 0.5) is 0 Å². The molecule has 0 radical (unpaired) electrons. The second-order valence-electron chi connectivity index (χ2n) is 4.95. The fourth-order valence-corrected chi connectivity index (χ4v) is 2.46. The summed E-state index contributed by atoms with van der Waals surface area (Å²) in [6.07, 6.45) is 2.21. The van der Waals surface area contributed by atoms with E-state index < -0.39 is 0 Å². The quantitative estimate of drug-likeness (QED) is 0.532. The van der Waals surface area contributed by atoms with E-state index in [1.165, 1.54) is 0 Å². The number of esters is 1. The van der Waals surface area contributed by atoms with E-state index in [2.05, 4.69) is 26.5 Å². The molecule has 1 aliphatic heterocycles. The Morgan fingerprint density at radius 1 is 1.44 bits per heavy atom. The Kier molecular flexibility index (Phi) is 2.38. The predicted molar refractivity (Wildman–Crippen MR) is 64.5 cm³/mol. The monoisotopic (exact) mass is 216 g/mol. The highest BCUT2D eigenvalue weighted by atomic mass is 16.5. The van der Waals surface area contributed by atoms with Crippen LogP contribution in [-0.2, 0) is 10.2 Å². The lowest BCUT2D eigenvalue weighted by Gasteiger charge is -2.32. The first kappa shape index (κ1) is 10.9. The maximum Gasteiger partial charge on any atom is 0.312 e. The van der Waals surface area contributed by atoms with Gasteiger partial charge in [0.2, 0.25) is 0 Å². The summed E-state index contributed by atoms with van der Waals surface area (Å²) in [6, 6.07) is 3.96. The van der Waals surface area contributed by atoms with E-state index in [1.54, 1.807) is 6.08 Å². The Hall–Kier alpha value is -1.57. The van der Waals surface area contributed by atoms with Crippen LogP contribution in [0, 0.1) is 6.92 Å². The van der Waals surface area contributed by atoms with Crippen molar-refractivity contribution in [1.82, 2.24) is 0 Å². The van der Waals surface area contributed by atoms with Crippen molar-refractivity contribution in [2.24, 2.45) is 0 Å². The highest BCUT2D eigenvalue weighted by Crippen LogP contribution is 2.41. The molecule has 2 rings (SSSR count). The van der Waals surface area contributed by atoms with Gasteiger partial charge in [0.05, 0.1) is 6.42 Å². The molecule has 84 valence electrons. The molecule has 0 N–H and O–H groups in total. The average Bonchev–Trinajstić information content (AvgIpc) is 2.13. The van der Waals surface area contributed by atoms with Crippen molar-refractivity contribution in [3.63, 3.8) is 0 Å². The van der Waals surface area contributed by atoms with Gasteiger partial charge in [-0.2, -0.15) is 0 Å². The second-order valence-corrected chi connectivity index (χ2v) is 4.95. The Labute approximate surface area is 95.9 Å². The number of hydrogen-bond acceptors (Lipinski definition) is 2. The van der Waals surface area contributed by atoms with Crippen LogP contribution in [-0.4, -0.2) is 5.97 Å². The summed E-state index contributed by atoms with van der Waals surface area (Å²) in [4.78, 5) is 11.5. The van der Waals surface area contributed by atoms with Crippen molar-refractivity contribution in [1.29, 1.82) is 0 Å². The summed E-state index contributed by atoms with van der Waals surface area (Å²) >= 11 is 0. The summed E-state index contributed by atoms with van der Waals surface area (Å²) < 4.78 is 5.30. The Morgan fingerprint density at radius 3 is 2.75 bits per heavy atom. The molecule has 0 aromatic heterocycles. The molecular weight excluding hydrogens is 200 g/mol. The number of hydrogen-bond donors (Lipinski definition) is 0. The summed E-state index contributed by atoms with van der Waals surface area (Å²) in [5, 5.41) is 0. The van der Waals surface area contributed by atoms with E-state index in [0.717, 1.165) is 16.7 Å². The van der Waals surface area contributed by atoms with Crippen molar-refractivity contribution in [2.45, 2.75) is 32.6 Å². The summed E-state index contributed by atoms with van der Waals surface area (Å²) in [5.74, 6) is 0.536. The highest BCUT2D eigenvalue weighted by molar-refractivity contribution is 5.78. The average molecular weight is 216 g/mol. The van der Waals surface area contributed by atoms with E-state index in [0.29, 0.717) is 12.2 Å². The van der Waals surface area contributed by atoms with E-state index >= 15 is 0 Å². The standard InChI is InChI=1S/C14H16O2/c1-5-10-6-9(2)13-11(7-10)16-12(15)8-14(13,3)4/h5-7H,1,8H2,2-4H3. The fraction of sp³-hybridized carbons (Fsp3) is 0.357. The molecule has 0 bridgehead atoms. The number of fused-ring (bicyclic) bond motifs is 1. The van der Waals surface area contributed by atoms with Crippen LogP contribution in [0.25, 0.3) is 6.08 Å². The minimum Gasteiger partial charge on any atom is -0.426 e. The van der Waals surface area contributed by atoms with Crippen LogP contribution >= 0.6 is 0 Å². The minimum absolute atomic E-state index is 0.144. The number of benzene rings is 1. The molecule has 0 saturated heterocycles. The van der Waals surface area contributed by atoms with Gasteiger partial charge in [-0.15, -0.1) is 0 Å². The van der Waals surface area contributed by atoms with Crippen LogP contribution < -0.4 is 4.74 Å². The fourth-order valence-electron chi connectivity index (χ4n) is 2.46. The number of carbonyl (C=O) groups is 1. The molecule has 0 spiro atoms. The van der Waals surface area contributed by atoms with Crippen molar-refractivity contribution in [3.05, 3.63) is 35.4 Å². The molecule has 0 aliphatic carbocycles. The topological polar surface area (TPSA) is 26.3 Å². The lowest BCUT2D eigenvalue weighted by Crippen LogP contribution is -2.31. The maximum absolute atomic E-state index is 11.5. The zero-order valence-corrected chi connectivity index (χ0v) is 9.96.